The molecule has 1 atom stereocenters. The first kappa shape index (κ1) is 18.6. The lowest BCUT2D eigenvalue weighted by molar-refractivity contribution is 0.127. The molecule has 0 aliphatic carbocycles. The Morgan fingerprint density at radius 3 is 2.97 bits per heavy atom. The van der Waals surface area contributed by atoms with Crippen molar-refractivity contribution in [1.82, 2.24) is 25.0 Å². The summed E-state index contributed by atoms with van der Waals surface area (Å²) < 4.78 is 11.3. The lowest BCUT2D eigenvalue weighted by atomic mass is 10.0. The van der Waals surface area contributed by atoms with E-state index in [0.717, 1.165) is 40.4 Å². The van der Waals surface area contributed by atoms with Crippen LogP contribution in [0.4, 0.5) is 0 Å². The zero-order valence-corrected chi connectivity index (χ0v) is 17.0. The number of fused-ring (bicyclic) bond motifs is 1. The van der Waals surface area contributed by atoms with Crippen LogP contribution in [0.25, 0.3) is 11.4 Å². The summed E-state index contributed by atoms with van der Waals surface area (Å²) in [4.78, 5) is 14.8. The number of aromatic nitrogens is 4. The van der Waals surface area contributed by atoms with Crippen LogP contribution < -0.4 is 4.74 Å². The summed E-state index contributed by atoms with van der Waals surface area (Å²) in [5.74, 6) is 2.09. The first-order valence-corrected chi connectivity index (χ1v) is 9.99. The molecular weight excluding hydrogens is 378 g/mol. The molecule has 152 valence electrons. The highest BCUT2D eigenvalue weighted by molar-refractivity contribution is 5.55. The van der Waals surface area contributed by atoms with E-state index >= 15 is 0 Å². The molecule has 0 unspecified atom stereocenters. The van der Waals surface area contributed by atoms with Gasteiger partial charge in [0.1, 0.15) is 5.75 Å². The molecule has 4 aromatic rings. The summed E-state index contributed by atoms with van der Waals surface area (Å²) in [5, 5.41) is 4.26. The molecule has 7 nitrogen and oxygen atoms in total. The quantitative estimate of drug-likeness (QED) is 0.543. The van der Waals surface area contributed by atoms with Crippen molar-refractivity contribution in [1.29, 1.82) is 0 Å². The molecule has 0 bridgehead atoms. The van der Waals surface area contributed by atoms with Crippen molar-refractivity contribution >= 4 is 0 Å². The highest BCUT2D eigenvalue weighted by Gasteiger charge is 2.33. The first-order chi connectivity index (χ1) is 14.7. The Morgan fingerprint density at radius 1 is 1.20 bits per heavy atom. The van der Waals surface area contributed by atoms with Gasteiger partial charge in [0, 0.05) is 30.6 Å². The summed E-state index contributed by atoms with van der Waals surface area (Å²) in [6, 6.07) is 16.1. The molecule has 0 fully saturated rings. The van der Waals surface area contributed by atoms with Crippen LogP contribution in [0.3, 0.4) is 0 Å². The molecule has 0 saturated heterocycles. The Balaban J connectivity index is 1.48. The summed E-state index contributed by atoms with van der Waals surface area (Å²) in [7, 11) is 1.70. The summed E-state index contributed by atoms with van der Waals surface area (Å²) in [5.41, 5.74) is 5.41. The molecule has 1 N–H and O–H groups in total. The fraction of sp³-hybridized carbons (Fsp3) is 0.261. The van der Waals surface area contributed by atoms with Crippen molar-refractivity contribution in [2.45, 2.75) is 32.5 Å². The monoisotopic (exact) mass is 401 g/mol. The van der Waals surface area contributed by atoms with E-state index in [1.54, 1.807) is 13.4 Å². The number of nitrogens with one attached hydrogen (secondary N) is 1. The van der Waals surface area contributed by atoms with Gasteiger partial charge in [-0.15, -0.1) is 0 Å². The number of imidazole rings is 1. The molecule has 3 heterocycles. The van der Waals surface area contributed by atoms with Crippen LogP contribution in [-0.2, 0) is 19.5 Å². The van der Waals surface area contributed by atoms with E-state index in [2.05, 4.69) is 45.1 Å². The molecule has 7 heteroatoms. The largest absolute Gasteiger partial charge is 0.496 e. The topological polar surface area (TPSA) is 80.1 Å². The average Bonchev–Trinajstić information content (AvgIpc) is 3.43. The predicted molar refractivity (Wildman–Crippen MR) is 112 cm³/mol. The van der Waals surface area contributed by atoms with Crippen molar-refractivity contribution in [3.8, 4) is 17.1 Å². The Kier molecular flexibility index (Phi) is 4.80. The van der Waals surface area contributed by atoms with E-state index in [1.807, 2.05) is 30.3 Å². The molecule has 5 rings (SSSR count). The van der Waals surface area contributed by atoms with Gasteiger partial charge in [0.15, 0.2) is 0 Å². The van der Waals surface area contributed by atoms with E-state index < -0.39 is 0 Å². The summed E-state index contributed by atoms with van der Waals surface area (Å²) in [6.45, 7) is 3.48. The van der Waals surface area contributed by atoms with Crippen LogP contribution in [0.1, 0.15) is 34.4 Å². The van der Waals surface area contributed by atoms with Crippen molar-refractivity contribution in [3.05, 3.63) is 83.3 Å². The van der Waals surface area contributed by atoms with E-state index in [1.165, 1.54) is 0 Å². The number of nitrogens with zero attached hydrogens (tertiary/aromatic N) is 4. The van der Waals surface area contributed by atoms with Gasteiger partial charge in [-0.3, -0.25) is 4.90 Å². The number of hydrogen-bond acceptors (Lipinski definition) is 6. The fourth-order valence-corrected chi connectivity index (χ4v) is 4.02. The number of aromatic amines is 1. The second kappa shape index (κ2) is 7.76. The molecule has 1 aliphatic rings. The second-order valence-electron chi connectivity index (χ2n) is 7.59. The molecular formula is C23H23N5O2. The van der Waals surface area contributed by atoms with E-state index in [-0.39, 0.29) is 6.04 Å². The lowest BCUT2D eigenvalue weighted by Crippen LogP contribution is -2.34. The number of hydrogen-bond donors (Lipinski definition) is 1. The van der Waals surface area contributed by atoms with Gasteiger partial charge in [-0.2, -0.15) is 4.98 Å². The number of para-hydroxylation sites is 1. The molecule has 0 amide bonds. The zero-order valence-electron chi connectivity index (χ0n) is 17.0. The van der Waals surface area contributed by atoms with Crippen LogP contribution >= 0.6 is 0 Å². The maximum Gasteiger partial charge on any atom is 0.244 e. The minimum absolute atomic E-state index is 0.0585. The molecule has 0 spiro atoms. The number of H-pyrrole nitrogens is 1. The lowest BCUT2D eigenvalue weighted by Gasteiger charge is -2.33. The molecule has 2 aromatic heterocycles. The molecule has 0 radical (unpaired) electrons. The van der Waals surface area contributed by atoms with Crippen molar-refractivity contribution in [2.24, 2.45) is 0 Å². The van der Waals surface area contributed by atoms with Crippen molar-refractivity contribution in [2.75, 3.05) is 7.11 Å². The smallest absolute Gasteiger partial charge is 0.244 e. The number of rotatable bonds is 5. The van der Waals surface area contributed by atoms with E-state index in [9.17, 15) is 0 Å². The standard InChI is InChI=1S/C23H23N5O2/c1-15-6-5-8-16(10-15)22-26-23(30-27-22)20-11-18-19(25-14-24-18)13-28(20)12-17-7-3-4-9-21(17)29-2/h3-10,14,20H,11-13H2,1-2H3,(H,24,25)/t20-/m0/s1. The summed E-state index contributed by atoms with van der Waals surface area (Å²) >= 11 is 0. The third-order valence-corrected chi connectivity index (χ3v) is 5.57. The normalized spacial score (nSPS) is 16.4. The average molecular weight is 401 g/mol. The van der Waals surface area contributed by atoms with Crippen molar-refractivity contribution in [3.63, 3.8) is 0 Å². The van der Waals surface area contributed by atoms with Crippen LogP contribution in [0.15, 0.2) is 59.4 Å². The van der Waals surface area contributed by atoms with Crippen LogP contribution in [0, 0.1) is 6.92 Å². The van der Waals surface area contributed by atoms with Crippen LogP contribution in [0.5, 0.6) is 5.75 Å². The molecule has 1 aliphatic heterocycles. The van der Waals surface area contributed by atoms with E-state index in [4.69, 9.17) is 14.2 Å². The number of methoxy groups -OCH3 is 1. The summed E-state index contributed by atoms with van der Waals surface area (Å²) in [6.07, 6.45) is 2.46. The van der Waals surface area contributed by atoms with Crippen LogP contribution in [-0.4, -0.2) is 32.1 Å². The minimum Gasteiger partial charge on any atom is -0.496 e. The first-order valence-electron chi connectivity index (χ1n) is 9.99. The van der Waals surface area contributed by atoms with Crippen LogP contribution in [0.2, 0.25) is 0 Å². The van der Waals surface area contributed by atoms with Gasteiger partial charge in [-0.1, -0.05) is 47.1 Å². The Labute approximate surface area is 174 Å². The van der Waals surface area contributed by atoms with Gasteiger partial charge in [-0.05, 0) is 19.1 Å². The zero-order chi connectivity index (χ0) is 20.5. The molecule has 30 heavy (non-hydrogen) atoms. The SMILES string of the molecule is COc1ccccc1CN1Cc2[nH]cnc2C[C@H]1c1nc(-c2cccc(C)c2)no1. The fourth-order valence-electron chi connectivity index (χ4n) is 4.02. The Bertz CT molecular complexity index is 1170. The Morgan fingerprint density at radius 2 is 2.10 bits per heavy atom. The second-order valence-corrected chi connectivity index (χ2v) is 7.59. The van der Waals surface area contributed by atoms with Gasteiger partial charge >= 0.3 is 0 Å². The predicted octanol–water partition coefficient (Wildman–Crippen LogP) is 4.08. The highest BCUT2D eigenvalue weighted by atomic mass is 16.5. The molecule has 2 aromatic carbocycles. The van der Waals surface area contributed by atoms with Gasteiger partial charge in [0.2, 0.25) is 11.7 Å². The Hall–Kier alpha value is -3.45. The maximum atomic E-state index is 5.74. The number of benzene rings is 2. The number of ether oxygens (including phenoxy) is 1. The van der Waals surface area contributed by atoms with Gasteiger partial charge < -0.3 is 14.2 Å². The highest BCUT2D eigenvalue weighted by Crippen LogP contribution is 2.34. The van der Waals surface area contributed by atoms with E-state index in [0.29, 0.717) is 24.7 Å². The maximum absolute atomic E-state index is 5.74. The minimum atomic E-state index is -0.0585. The third-order valence-electron chi connectivity index (χ3n) is 5.57. The van der Waals surface area contributed by atoms with Crippen molar-refractivity contribution < 1.29 is 9.26 Å². The van der Waals surface area contributed by atoms with Gasteiger partial charge in [-0.25, -0.2) is 4.98 Å². The van der Waals surface area contributed by atoms with Gasteiger partial charge in [0.25, 0.3) is 0 Å². The third kappa shape index (κ3) is 3.48. The van der Waals surface area contributed by atoms with Gasteiger partial charge in [0.05, 0.1) is 30.9 Å². The molecule has 0 saturated carbocycles. The number of aryl methyl sites for hydroxylation is 1.